The highest BCUT2D eigenvalue weighted by Gasteiger charge is 2.23. The molecule has 0 saturated carbocycles. The van der Waals surface area contributed by atoms with E-state index in [1.54, 1.807) is 24.3 Å². The first-order chi connectivity index (χ1) is 16.9. The zero-order valence-electron chi connectivity index (χ0n) is 18.0. The van der Waals surface area contributed by atoms with Crippen molar-refractivity contribution >= 4 is 46.0 Å². The van der Waals surface area contributed by atoms with Crippen LogP contribution < -0.4 is 10.6 Å². The molecule has 0 aliphatic carbocycles. The lowest BCUT2D eigenvalue weighted by Crippen LogP contribution is -2.22. The van der Waals surface area contributed by atoms with Gasteiger partial charge in [-0.1, -0.05) is 42.5 Å². The molecule has 0 spiro atoms. The second kappa shape index (κ2) is 8.60. The number of nitro groups is 1. The van der Waals surface area contributed by atoms with Crippen LogP contribution in [0.2, 0.25) is 0 Å². The van der Waals surface area contributed by atoms with Crippen LogP contribution in [0.5, 0.6) is 5.88 Å². The van der Waals surface area contributed by atoms with Gasteiger partial charge >= 0.3 is 6.03 Å². The smallest absolute Gasteiger partial charge is 0.326 e. The van der Waals surface area contributed by atoms with E-state index >= 15 is 0 Å². The summed E-state index contributed by atoms with van der Waals surface area (Å²) >= 11 is 0. The molecule has 3 aromatic carbocycles. The fourth-order valence-electron chi connectivity index (χ4n) is 3.84. The molecule has 1 aliphatic heterocycles. The second-order valence-electron chi connectivity index (χ2n) is 7.72. The number of aromatic hydroxyl groups is 1. The highest BCUT2D eigenvalue weighted by atomic mass is 16.6. The van der Waals surface area contributed by atoms with Crippen molar-refractivity contribution in [2.24, 2.45) is 4.99 Å². The Morgan fingerprint density at radius 2 is 1.77 bits per heavy atom. The van der Waals surface area contributed by atoms with Crippen molar-refractivity contribution < 1.29 is 19.6 Å². The van der Waals surface area contributed by atoms with Gasteiger partial charge < -0.3 is 15.4 Å². The highest BCUT2D eigenvalue weighted by molar-refractivity contribution is 6.22. The third-order valence-electron chi connectivity index (χ3n) is 5.40. The van der Waals surface area contributed by atoms with E-state index in [2.05, 4.69) is 15.6 Å². The summed E-state index contributed by atoms with van der Waals surface area (Å²) in [5.41, 5.74) is 3.03. The quantitative estimate of drug-likeness (QED) is 0.114. The number of nitrogens with zero attached hydrogens (tertiary/aromatic N) is 2. The summed E-state index contributed by atoms with van der Waals surface area (Å²) in [6, 6.07) is 19.8. The largest absolute Gasteiger partial charge is 0.494 e. The number of H-pyrrole nitrogens is 1. The van der Waals surface area contributed by atoms with E-state index in [0.717, 1.165) is 0 Å². The lowest BCUT2D eigenvalue weighted by molar-refractivity contribution is -0.384. The predicted octanol–water partition coefficient (Wildman–Crippen LogP) is 4.13. The maximum Gasteiger partial charge on any atom is 0.326 e. The van der Waals surface area contributed by atoms with Crippen LogP contribution in [0.4, 0.5) is 16.2 Å². The number of benzene rings is 3. The number of aromatic nitrogens is 1. The Hall–Kier alpha value is -5.25. The van der Waals surface area contributed by atoms with Gasteiger partial charge in [-0.2, -0.15) is 0 Å². The van der Waals surface area contributed by atoms with Crippen LogP contribution in [0, 0.1) is 10.1 Å². The fraction of sp³-hybridized carbons (Fsp3) is 0. The van der Waals surface area contributed by atoms with Crippen molar-refractivity contribution in [3.05, 3.63) is 105 Å². The number of carbonyl (C=O) groups excluding carboxylic acids is 2. The SMILES string of the molecule is O=C1NC(=O)/C(=C\c2cccc(N=C(c3ccccc3)c3c(O)[nH]c4ccc([N+](=O)[O-])cc34)c2)N1. The van der Waals surface area contributed by atoms with E-state index in [9.17, 15) is 24.8 Å². The lowest BCUT2D eigenvalue weighted by Gasteiger charge is -2.08. The number of rotatable bonds is 5. The van der Waals surface area contributed by atoms with Gasteiger partial charge in [0.25, 0.3) is 11.6 Å². The van der Waals surface area contributed by atoms with Crippen molar-refractivity contribution in [3.63, 3.8) is 0 Å². The van der Waals surface area contributed by atoms with E-state index < -0.39 is 16.9 Å². The van der Waals surface area contributed by atoms with Crippen molar-refractivity contribution in [3.8, 4) is 5.88 Å². The molecule has 172 valence electrons. The number of nitro benzene ring substituents is 1. The van der Waals surface area contributed by atoms with Crippen molar-refractivity contribution in [2.75, 3.05) is 0 Å². The molecule has 1 saturated heterocycles. The number of aromatic amines is 1. The molecular weight excluding hydrogens is 450 g/mol. The second-order valence-corrected chi connectivity index (χ2v) is 7.72. The van der Waals surface area contributed by atoms with E-state index in [4.69, 9.17) is 4.99 Å². The molecule has 4 aromatic rings. The zero-order chi connectivity index (χ0) is 24.5. The number of nitrogens with one attached hydrogen (secondary N) is 3. The van der Waals surface area contributed by atoms with Gasteiger partial charge in [-0.25, -0.2) is 9.79 Å². The Balaban J connectivity index is 1.67. The number of hydrogen-bond donors (Lipinski definition) is 4. The van der Waals surface area contributed by atoms with Crippen molar-refractivity contribution in [1.29, 1.82) is 0 Å². The molecule has 10 nitrogen and oxygen atoms in total. The van der Waals surface area contributed by atoms with Gasteiger partial charge in [-0.15, -0.1) is 0 Å². The molecule has 5 rings (SSSR count). The normalized spacial score (nSPS) is 14.9. The number of aliphatic imine (C=N–C) groups is 1. The number of urea groups is 1. The Bertz CT molecular complexity index is 1570. The first kappa shape index (κ1) is 21.6. The van der Waals surface area contributed by atoms with Crippen LogP contribution in [0.15, 0.2) is 83.5 Å². The van der Waals surface area contributed by atoms with E-state index in [1.807, 2.05) is 30.3 Å². The molecule has 1 fully saturated rings. The molecule has 0 bridgehead atoms. The Morgan fingerprint density at radius 1 is 0.971 bits per heavy atom. The number of non-ortho nitro benzene ring substituents is 1. The number of carbonyl (C=O) groups is 2. The van der Waals surface area contributed by atoms with Gasteiger partial charge in [0, 0.05) is 28.6 Å². The van der Waals surface area contributed by atoms with Crippen LogP contribution in [0.25, 0.3) is 17.0 Å². The third-order valence-corrected chi connectivity index (χ3v) is 5.40. The molecule has 1 aromatic heterocycles. The summed E-state index contributed by atoms with van der Waals surface area (Å²) in [5, 5.41) is 27.2. The molecule has 4 N–H and O–H groups in total. The standard InChI is InChI=1S/C25H17N5O5/c31-23-20(28-25(33)29-23)12-14-5-4-8-16(11-14)26-22(15-6-2-1-3-7-15)21-18-13-17(30(34)35)9-10-19(18)27-24(21)32/h1-13,27,32H,(H2,28,29,31,33)/b20-12+,26-22?. The summed E-state index contributed by atoms with van der Waals surface area (Å²) in [6.45, 7) is 0. The summed E-state index contributed by atoms with van der Waals surface area (Å²) in [4.78, 5) is 41.7. The number of imide groups is 1. The van der Waals surface area contributed by atoms with Crippen LogP contribution >= 0.6 is 0 Å². The highest BCUT2D eigenvalue weighted by Crippen LogP contribution is 2.33. The minimum Gasteiger partial charge on any atom is -0.494 e. The molecule has 35 heavy (non-hydrogen) atoms. The maximum absolute atomic E-state index is 11.9. The lowest BCUT2D eigenvalue weighted by atomic mass is 10.0. The average Bonchev–Trinajstić information content (AvgIpc) is 3.34. The molecule has 1 aliphatic rings. The van der Waals surface area contributed by atoms with Gasteiger partial charge in [-0.3, -0.25) is 20.2 Å². The topological polar surface area (TPSA) is 150 Å². The molecule has 10 heteroatoms. The third kappa shape index (κ3) is 4.23. The van der Waals surface area contributed by atoms with Gasteiger partial charge in [0.1, 0.15) is 5.70 Å². The molecule has 2 heterocycles. The minimum absolute atomic E-state index is 0.112. The number of fused-ring (bicyclic) bond motifs is 1. The average molecular weight is 467 g/mol. The van der Waals surface area contributed by atoms with Crippen LogP contribution in [-0.4, -0.2) is 32.7 Å². The van der Waals surface area contributed by atoms with E-state index in [-0.39, 0.29) is 17.3 Å². The predicted molar refractivity (Wildman–Crippen MR) is 129 cm³/mol. The Labute approximate surface area is 197 Å². The van der Waals surface area contributed by atoms with Crippen molar-refractivity contribution in [1.82, 2.24) is 15.6 Å². The number of amides is 3. The van der Waals surface area contributed by atoms with Crippen molar-refractivity contribution in [2.45, 2.75) is 0 Å². The van der Waals surface area contributed by atoms with Crippen LogP contribution in [0.1, 0.15) is 16.7 Å². The first-order valence-electron chi connectivity index (χ1n) is 10.5. The van der Waals surface area contributed by atoms with Gasteiger partial charge in [0.2, 0.25) is 0 Å². The Morgan fingerprint density at radius 3 is 2.49 bits per heavy atom. The van der Waals surface area contributed by atoms with Crippen LogP contribution in [0.3, 0.4) is 0 Å². The molecule has 0 atom stereocenters. The van der Waals surface area contributed by atoms with Crippen LogP contribution in [-0.2, 0) is 4.79 Å². The zero-order valence-corrected chi connectivity index (χ0v) is 18.0. The van der Waals surface area contributed by atoms with E-state index in [1.165, 1.54) is 24.3 Å². The summed E-state index contributed by atoms with van der Waals surface area (Å²) in [5.74, 6) is -0.703. The molecule has 3 amide bonds. The number of hydrogen-bond acceptors (Lipinski definition) is 6. The summed E-state index contributed by atoms with van der Waals surface area (Å²) < 4.78 is 0. The van der Waals surface area contributed by atoms with Gasteiger partial charge in [0.15, 0.2) is 5.88 Å². The summed E-state index contributed by atoms with van der Waals surface area (Å²) in [6.07, 6.45) is 1.52. The summed E-state index contributed by atoms with van der Waals surface area (Å²) in [7, 11) is 0. The van der Waals surface area contributed by atoms with Gasteiger partial charge in [0.05, 0.1) is 21.9 Å². The Kier molecular flexibility index (Phi) is 5.30. The molecular formula is C25H17N5O5. The maximum atomic E-state index is 11.9. The first-order valence-corrected chi connectivity index (χ1v) is 10.5. The van der Waals surface area contributed by atoms with Gasteiger partial charge in [-0.05, 0) is 29.8 Å². The van der Waals surface area contributed by atoms with E-state index in [0.29, 0.717) is 39.0 Å². The monoisotopic (exact) mass is 467 g/mol. The molecule has 0 radical (unpaired) electrons. The minimum atomic E-state index is -0.592. The molecule has 0 unspecified atom stereocenters. The fourth-order valence-corrected chi connectivity index (χ4v) is 3.84.